The van der Waals surface area contributed by atoms with Gasteiger partial charge in [0.1, 0.15) is 9.84 Å². The SMILES string of the molecule is CC(CS(C)(=O)=O)NC(=O)[C@H]1CCCNC1. The number of rotatable bonds is 4. The Balaban J connectivity index is 2.38. The predicted octanol–water partition coefficient (Wildman–Crippen LogP) is -0.465. The van der Waals surface area contributed by atoms with Crippen LogP contribution < -0.4 is 10.6 Å². The van der Waals surface area contributed by atoms with E-state index in [1.165, 1.54) is 6.26 Å². The fraction of sp³-hybridized carbons (Fsp3) is 0.900. The maximum absolute atomic E-state index is 11.7. The van der Waals surface area contributed by atoms with Gasteiger partial charge < -0.3 is 10.6 Å². The van der Waals surface area contributed by atoms with Crippen molar-refractivity contribution in [2.75, 3.05) is 25.1 Å². The second-order valence-corrected chi connectivity index (χ2v) is 6.73. The van der Waals surface area contributed by atoms with E-state index in [1.807, 2.05) is 0 Å². The van der Waals surface area contributed by atoms with Crippen LogP contribution in [-0.4, -0.2) is 45.5 Å². The number of hydrogen-bond acceptors (Lipinski definition) is 4. The summed E-state index contributed by atoms with van der Waals surface area (Å²) in [6, 6.07) is -0.315. The summed E-state index contributed by atoms with van der Waals surface area (Å²) in [5.74, 6) is -0.0575. The van der Waals surface area contributed by atoms with Gasteiger partial charge in [-0.25, -0.2) is 8.42 Å². The van der Waals surface area contributed by atoms with E-state index < -0.39 is 9.84 Å². The Labute approximate surface area is 96.9 Å². The summed E-state index contributed by atoms with van der Waals surface area (Å²) >= 11 is 0. The second-order valence-electron chi connectivity index (χ2n) is 4.55. The van der Waals surface area contributed by atoms with E-state index in [0.29, 0.717) is 6.54 Å². The molecule has 0 radical (unpaired) electrons. The third-order valence-corrected chi connectivity index (χ3v) is 3.71. The number of sulfone groups is 1. The molecule has 1 fully saturated rings. The van der Waals surface area contributed by atoms with Crippen molar-refractivity contribution in [3.8, 4) is 0 Å². The lowest BCUT2D eigenvalue weighted by molar-refractivity contribution is -0.125. The van der Waals surface area contributed by atoms with Crippen molar-refractivity contribution in [1.82, 2.24) is 10.6 Å². The molecule has 1 amide bonds. The van der Waals surface area contributed by atoms with Crippen LogP contribution in [0, 0.1) is 5.92 Å². The molecule has 0 aromatic heterocycles. The first-order valence-electron chi connectivity index (χ1n) is 5.57. The lowest BCUT2D eigenvalue weighted by Crippen LogP contribution is -2.45. The van der Waals surface area contributed by atoms with Crippen molar-refractivity contribution >= 4 is 15.7 Å². The number of carbonyl (C=O) groups is 1. The van der Waals surface area contributed by atoms with Crippen molar-refractivity contribution in [3.63, 3.8) is 0 Å². The second kappa shape index (κ2) is 5.63. The monoisotopic (exact) mass is 248 g/mol. The van der Waals surface area contributed by atoms with Gasteiger partial charge in [-0.15, -0.1) is 0 Å². The molecule has 16 heavy (non-hydrogen) atoms. The average Bonchev–Trinajstić information content (AvgIpc) is 2.16. The Morgan fingerprint density at radius 3 is 2.75 bits per heavy atom. The van der Waals surface area contributed by atoms with Crippen molar-refractivity contribution < 1.29 is 13.2 Å². The molecule has 0 aromatic rings. The van der Waals surface area contributed by atoms with Crippen LogP contribution in [0.1, 0.15) is 19.8 Å². The van der Waals surface area contributed by atoms with E-state index in [2.05, 4.69) is 10.6 Å². The Hall–Kier alpha value is -0.620. The van der Waals surface area contributed by atoms with Gasteiger partial charge >= 0.3 is 0 Å². The summed E-state index contributed by atoms with van der Waals surface area (Å²) in [5.41, 5.74) is 0. The molecule has 1 unspecified atom stereocenters. The lowest BCUT2D eigenvalue weighted by atomic mass is 9.98. The topological polar surface area (TPSA) is 75.3 Å². The van der Waals surface area contributed by atoms with Crippen LogP contribution in [0.4, 0.5) is 0 Å². The first-order chi connectivity index (χ1) is 7.38. The minimum absolute atomic E-state index is 0.00110. The van der Waals surface area contributed by atoms with Gasteiger partial charge in [0.15, 0.2) is 0 Å². The van der Waals surface area contributed by atoms with Crippen LogP contribution in [0.25, 0.3) is 0 Å². The van der Waals surface area contributed by atoms with Crippen LogP contribution in [0.3, 0.4) is 0 Å². The van der Waals surface area contributed by atoms with Gasteiger partial charge in [0.05, 0.1) is 11.7 Å². The summed E-state index contributed by atoms with van der Waals surface area (Å²) in [6.45, 7) is 3.37. The van der Waals surface area contributed by atoms with E-state index in [4.69, 9.17) is 0 Å². The number of amides is 1. The summed E-state index contributed by atoms with van der Waals surface area (Å²) < 4.78 is 22.1. The zero-order valence-corrected chi connectivity index (χ0v) is 10.6. The Kier molecular flexibility index (Phi) is 4.73. The van der Waals surface area contributed by atoms with Gasteiger partial charge in [0.25, 0.3) is 0 Å². The molecule has 1 aliphatic rings. The maximum atomic E-state index is 11.7. The molecule has 5 nitrogen and oxygen atoms in total. The summed E-state index contributed by atoms with van der Waals surface area (Å²) in [7, 11) is -3.03. The molecule has 6 heteroatoms. The summed E-state index contributed by atoms with van der Waals surface area (Å²) in [4.78, 5) is 11.7. The van der Waals surface area contributed by atoms with Crippen LogP contribution in [-0.2, 0) is 14.6 Å². The Morgan fingerprint density at radius 2 is 2.25 bits per heavy atom. The molecule has 0 bridgehead atoms. The molecule has 1 aliphatic heterocycles. The van der Waals surface area contributed by atoms with Gasteiger partial charge in [0, 0.05) is 18.8 Å². The highest BCUT2D eigenvalue weighted by Gasteiger charge is 2.22. The van der Waals surface area contributed by atoms with E-state index in [1.54, 1.807) is 6.92 Å². The number of carbonyl (C=O) groups excluding carboxylic acids is 1. The predicted molar refractivity (Wildman–Crippen MR) is 62.9 cm³/mol. The van der Waals surface area contributed by atoms with Crippen molar-refractivity contribution in [2.24, 2.45) is 5.92 Å². The van der Waals surface area contributed by atoms with E-state index in [9.17, 15) is 13.2 Å². The number of piperidine rings is 1. The van der Waals surface area contributed by atoms with Crippen molar-refractivity contribution in [3.05, 3.63) is 0 Å². The van der Waals surface area contributed by atoms with Crippen LogP contribution >= 0.6 is 0 Å². The molecule has 0 aromatic carbocycles. The molecular formula is C10H20N2O3S. The number of nitrogens with one attached hydrogen (secondary N) is 2. The van der Waals surface area contributed by atoms with E-state index in [0.717, 1.165) is 19.4 Å². The molecule has 2 N–H and O–H groups in total. The molecule has 94 valence electrons. The minimum atomic E-state index is -3.03. The Bertz CT molecular complexity index is 334. The molecule has 0 saturated carbocycles. The third-order valence-electron chi connectivity index (χ3n) is 2.61. The standard InChI is InChI=1S/C10H20N2O3S/c1-8(7-16(2,14)15)12-10(13)9-4-3-5-11-6-9/h8-9,11H,3-7H2,1-2H3,(H,12,13)/t8?,9-/m0/s1. The fourth-order valence-corrected chi connectivity index (χ4v) is 2.92. The average molecular weight is 248 g/mol. The van der Waals surface area contributed by atoms with Gasteiger partial charge in [-0.2, -0.15) is 0 Å². The van der Waals surface area contributed by atoms with Gasteiger partial charge in [-0.3, -0.25) is 4.79 Å². The van der Waals surface area contributed by atoms with Crippen LogP contribution in [0.2, 0.25) is 0 Å². The van der Waals surface area contributed by atoms with E-state index in [-0.39, 0.29) is 23.6 Å². The van der Waals surface area contributed by atoms with Crippen molar-refractivity contribution in [1.29, 1.82) is 0 Å². The fourth-order valence-electron chi connectivity index (χ4n) is 1.93. The molecule has 1 saturated heterocycles. The quantitative estimate of drug-likeness (QED) is 0.705. The zero-order valence-electron chi connectivity index (χ0n) is 9.82. The molecular weight excluding hydrogens is 228 g/mol. The number of hydrogen-bond donors (Lipinski definition) is 2. The largest absolute Gasteiger partial charge is 0.352 e. The van der Waals surface area contributed by atoms with Gasteiger partial charge in [-0.1, -0.05) is 0 Å². The van der Waals surface area contributed by atoms with Gasteiger partial charge in [-0.05, 0) is 26.3 Å². The minimum Gasteiger partial charge on any atom is -0.352 e. The lowest BCUT2D eigenvalue weighted by Gasteiger charge is -2.23. The summed E-state index contributed by atoms with van der Waals surface area (Å²) in [6.07, 6.45) is 3.06. The van der Waals surface area contributed by atoms with E-state index >= 15 is 0 Å². The molecule has 2 atom stereocenters. The normalized spacial score (nSPS) is 23.8. The molecule has 1 rings (SSSR count). The summed E-state index contributed by atoms with van der Waals surface area (Å²) in [5, 5.41) is 5.91. The third kappa shape index (κ3) is 4.94. The van der Waals surface area contributed by atoms with Crippen LogP contribution in [0.15, 0.2) is 0 Å². The maximum Gasteiger partial charge on any atom is 0.224 e. The Morgan fingerprint density at radius 1 is 1.56 bits per heavy atom. The first kappa shape index (κ1) is 13.4. The highest BCUT2D eigenvalue weighted by atomic mass is 32.2. The van der Waals surface area contributed by atoms with Crippen LogP contribution in [0.5, 0.6) is 0 Å². The molecule has 0 aliphatic carbocycles. The smallest absolute Gasteiger partial charge is 0.224 e. The molecule has 1 heterocycles. The highest BCUT2D eigenvalue weighted by Crippen LogP contribution is 2.10. The molecule has 0 spiro atoms. The van der Waals surface area contributed by atoms with Gasteiger partial charge in [0.2, 0.25) is 5.91 Å². The van der Waals surface area contributed by atoms with Crippen molar-refractivity contribution in [2.45, 2.75) is 25.8 Å². The first-order valence-corrected chi connectivity index (χ1v) is 7.63. The highest BCUT2D eigenvalue weighted by molar-refractivity contribution is 7.90. The zero-order chi connectivity index (χ0) is 12.2.